The number of aromatic nitrogens is 3. The van der Waals surface area contributed by atoms with E-state index in [1.54, 1.807) is 18.3 Å². The molecule has 1 aromatic carbocycles. The zero-order chi connectivity index (χ0) is 24.9. The highest BCUT2D eigenvalue weighted by atomic mass is 35.5. The fraction of sp³-hybridized carbons (Fsp3) is 0.318. The number of nitrogens with one attached hydrogen (secondary N) is 2. The number of benzene rings is 1. The Bertz CT molecular complexity index is 1230. The minimum Gasteiger partial charge on any atom is -0.378 e. The zero-order valence-electron chi connectivity index (χ0n) is 18.7. The molecule has 0 aliphatic carbocycles. The van der Waals surface area contributed by atoms with Crippen molar-refractivity contribution in [3.05, 3.63) is 56.7 Å². The van der Waals surface area contributed by atoms with Gasteiger partial charge >= 0.3 is 5.69 Å². The van der Waals surface area contributed by atoms with E-state index in [2.05, 4.69) is 25.5 Å². The van der Waals surface area contributed by atoms with E-state index in [1.165, 1.54) is 12.1 Å². The van der Waals surface area contributed by atoms with Gasteiger partial charge in [-0.2, -0.15) is 0 Å². The maximum atomic E-state index is 10.9. The molecule has 0 spiro atoms. The first-order valence-electron chi connectivity index (χ1n) is 11.0. The lowest BCUT2D eigenvalue weighted by molar-refractivity contribution is -0.384. The van der Waals surface area contributed by atoms with E-state index in [-0.39, 0.29) is 17.5 Å². The van der Waals surface area contributed by atoms with E-state index in [9.17, 15) is 10.1 Å². The van der Waals surface area contributed by atoms with Crippen LogP contribution in [0.2, 0.25) is 10.0 Å². The molecule has 3 heterocycles. The molecule has 35 heavy (non-hydrogen) atoms. The first-order chi connectivity index (χ1) is 16.8. The Labute approximate surface area is 212 Å². The molecule has 11 nitrogen and oxygen atoms in total. The Hall–Kier alpha value is -3.41. The van der Waals surface area contributed by atoms with E-state index < -0.39 is 4.92 Å². The van der Waals surface area contributed by atoms with Gasteiger partial charge in [-0.05, 0) is 37.1 Å². The van der Waals surface area contributed by atoms with Crippen LogP contribution >= 0.6 is 23.2 Å². The maximum Gasteiger partial charge on any atom is 0.311 e. The Balaban J connectivity index is 1.49. The third-order valence-electron chi connectivity index (χ3n) is 5.57. The van der Waals surface area contributed by atoms with Crippen molar-refractivity contribution in [1.29, 1.82) is 0 Å². The molecule has 0 saturated carbocycles. The average Bonchev–Trinajstić information content (AvgIpc) is 2.81. The highest BCUT2D eigenvalue weighted by Crippen LogP contribution is 2.36. The molecule has 1 unspecified atom stereocenters. The van der Waals surface area contributed by atoms with Gasteiger partial charge in [0.1, 0.15) is 11.5 Å². The second-order valence-corrected chi connectivity index (χ2v) is 8.96. The van der Waals surface area contributed by atoms with Crippen LogP contribution in [0.4, 0.5) is 29.0 Å². The molecule has 0 amide bonds. The minimum absolute atomic E-state index is 0.0863. The smallest absolute Gasteiger partial charge is 0.311 e. The summed E-state index contributed by atoms with van der Waals surface area (Å²) in [4.78, 5) is 25.7. The number of piperidine rings is 1. The van der Waals surface area contributed by atoms with Crippen LogP contribution in [0.5, 0.6) is 0 Å². The predicted molar refractivity (Wildman–Crippen MR) is 139 cm³/mol. The fourth-order valence-electron chi connectivity index (χ4n) is 3.89. The van der Waals surface area contributed by atoms with Gasteiger partial charge < -0.3 is 27.0 Å². The third-order valence-corrected chi connectivity index (χ3v) is 6.12. The predicted octanol–water partition coefficient (Wildman–Crippen LogP) is 3.79. The lowest BCUT2D eigenvalue weighted by Gasteiger charge is -2.33. The number of anilines is 4. The molecule has 0 radical (unpaired) electrons. The van der Waals surface area contributed by atoms with Crippen LogP contribution < -0.4 is 27.0 Å². The van der Waals surface area contributed by atoms with E-state index >= 15 is 0 Å². The molecule has 0 bridgehead atoms. The maximum absolute atomic E-state index is 10.9. The first-order valence-corrected chi connectivity index (χ1v) is 11.8. The van der Waals surface area contributed by atoms with Gasteiger partial charge in [-0.25, -0.2) is 15.0 Å². The summed E-state index contributed by atoms with van der Waals surface area (Å²) in [6, 6.07) is 8.21. The number of nitro groups is 1. The average molecular weight is 518 g/mol. The molecule has 1 aliphatic heterocycles. The summed E-state index contributed by atoms with van der Waals surface area (Å²) in [5.41, 5.74) is 13.9. The molecule has 2 aromatic heterocycles. The SMILES string of the molecule is Nc1nc(NCCNc2ncc(N3CCCC(N)C3)c(-c3ccc(Cl)cc3Cl)n2)ccc1[N+](=O)[O-]. The second kappa shape index (κ2) is 10.9. The summed E-state index contributed by atoms with van der Waals surface area (Å²) < 4.78 is 0. The van der Waals surface area contributed by atoms with Gasteiger partial charge in [0, 0.05) is 48.9 Å². The number of halogens is 2. The number of nitrogen functional groups attached to an aromatic ring is 1. The standard InChI is InChI=1S/C22H25Cl2N9O2/c23-13-3-4-15(16(24)10-13)20-18(32-9-1-2-14(25)12-32)11-29-22(31-20)28-8-7-27-19-6-5-17(33(34)35)21(26)30-19/h3-6,10-11,14H,1-2,7-9,12,25H2,(H3,26,27,30)(H,28,29,31). The highest BCUT2D eigenvalue weighted by Gasteiger charge is 2.22. The quantitative estimate of drug-likeness (QED) is 0.196. The van der Waals surface area contributed by atoms with Gasteiger partial charge in [0.2, 0.25) is 11.8 Å². The summed E-state index contributed by atoms with van der Waals surface area (Å²) in [6.45, 7) is 2.48. The van der Waals surface area contributed by atoms with Gasteiger partial charge in [0.15, 0.2) is 0 Å². The number of hydrogen-bond donors (Lipinski definition) is 4. The number of hydrogen-bond acceptors (Lipinski definition) is 10. The van der Waals surface area contributed by atoms with Crippen LogP contribution in [0.15, 0.2) is 36.5 Å². The molecule has 3 aromatic rings. The molecule has 1 atom stereocenters. The Morgan fingerprint density at radius 3 is 2.69 bits per heavy atom. The van der Waals surface area contributed by atoms with Crippen molar-refractivity contribution in [2.24, 2.45) is 5.73 Å². The molecule has 6 N–H and O–H groups in total. The Morgan fingerprint density at radius 2 is 1.97 bits per heavy atom. The van der Waals surface area contributed by atoms with Crippen LogP contribution in [0.1, 0.15) is 12.8 Å². The van der Waals surface area contributed by atoms with Crippen molar-refractivity contribution < 1.29 is 4.92 Å². The summed E-state index contributed by atoms with van der Waals surface area (Å²) in [7, 11) is 0. The van der Waals surface area contributed by atoms with Gasteiger partial charge in [0.25, 0.3) is 0 Å². The van der Waals surface area contributed by atoms with Crippen molar-refractivity contribution in [2.75, 3.05) is 47.4 Å². The zero-order valence-corrected chi connectivity index (χ0v) is 20.3. The minimum atomic E-state index is -0.573. The molecule has 13 heteroatoms. The van der Waals surface area contributed by atoms with Crippen molar-refractivity contribution in [3.8, 4) is 11.3 Å². The van der Waals surface area contributed by atoms with E-state index in [0.29, 0.717) is 47.1 Å². The molecular formula is C22H25Cl2N9O2. The molecule has 1 saturated heterocycles. The van der Waals surface area contributed by atoms with Crippen molar-refractivity contribution in [1.82, 2.24) is 15.0 Å². The molecule has 1 aliphatic rings. The van der Waals surface area contributed by atoms with Crippen LogP contribution in [0, 0.1) is 10.1 Å². The lowest BCUT2D eigenvalue weighted by Crippen LogP contribution is -2.43. The number of nitrogens with two attached hydrogens (primary N) is 2. The van der Waals surface area contributed by atoms with Gasteiger partial charge in [-0.15, -0.1) is 0 Å². The highest BCUT2D eigenvalue weighted by molar-refractivity contribution is 6.36. The number of rotatable bonds is 8. The fourth-order valence-corrected chi connectivity index (χ4v) is 4.38. The first kappa shape index (κ1) is 24.7. The van der Waals surface area contributed by atoms with Crippen molar-refractivity contribution in [3.63, 3.8) is 0 Å². The van der Waals surface area contributed by atoms with Crippen molar-refractivity contribution in [2.45, 2.75) is 18.9 Å². The second-order valence-electron chi connectivity index (χ2n) is 8.11. The van der Waals surface area contributed by atoms with E-state index in [0.717, 1.165) is 30.6 Å². The van der Waals surface area contributed by atoms with Crippen LogP contribution in [0.3, 0.4) is 0 Å². The summed E-state index contributed by atoms with van der Waals surface area (Å²) in [6.07, 6.45) is 3.75. The summed E-state index contributed by atoms with van der Waals surface area (Å²) >= 11 is 12.6. The number of pyridine rings is 1. The number of nitrogens with zero attached hydrogens (tertiary/aromatic N) is 5. The molecule has 4 rings (SSSR count). The topological polar surface area (TPSA) is 161 Å². The van der Waals surface area contributed by atoms with Crippen LogP contribution in [-0.2, 0) is 0 Å². The lowest BCUT2D eigenvalue weighted by atomic mass is 10.0. The van der Waals surface area contributed by atoms with Gasteiger partial charge in [-0.3, -0.25) is 10.1 Å². The van der Waals surface area contributed by atoms with Gasteiger partial charge in [0.05, 0.1) is 21.8 Å². The molecular weight excluding hydrogens is 493 g/mol. The monoisotopic (exact) mass is 517 g/mol. The third kappa shape index (κ3) is 5.99. The van der Waals surface area contributed by atoms with E-state index in [1.807, 2.05) is 6.07 Å². The molecule has 184 valence electrons. The Kier molecular flexibility index (Phi) is 7.69. The summed E-state index contributed by atoms with van der Waals surface area (Å²) in [5.74, 6) is 0.712. The van der Waals surface area contributed by atoms with Crippen LogP contribution in [0.25, 0.3) is 11.3 Å². The van der Waals surface area contributed by atoms with Gasteiger partial charge in [-0.1, -0.05) is 23.2 Å². The van der Waals surface area contributed by atoms with E-state index in [4.69, 9.17) is 39.7 Å². The molecule has 1 fully saturated rings. The largest absolute Gasteiger partial charge is 0.378 e. The normalized spacial score (nSPS) is 15.6. The van der Waals surface area contributed by atoms with Crippen LogP contribution in [-0.4, -0.2) is 52.1 Å². The summed E-state index contributed by atoms with van der Waals surface area (Å²) in [5, 5.41) is 18.1. The van der Waals surface area contributed by atoms with Crippen molar-refractivity contribution >= 4 is 52.2 Å². The Morgan fingerprint density at radius 1 is 1.17 bits per heavy atom.